The Bertz CT molecular complexity index is 1840. The number of halogens is 2. The van der Waals surface area contributed by atoms with Crippen molar-refractivity contribution in [2.24, 2.45) is 0 Å². The highest BCUT2D eigenvalue weighted by Crippen LogP contribution is 2.54. The second-order valence-corrected chi connectivity index (χ2v) is 15.6. The Kier molecular flexibility index (Phi) is 8.03. The Hall–Kier alpha value is -3.48. The summed E-state index contributed by atoms with van der Waals surface area (Å²) in [6.07, 6.45) is -3.09. The highest BCUT2D eigenvalue weighted by atomic mass is 31.2. The van der Waals surface area contributed by atoms with E-state index in [4.69, 9.17) is 27.6 Å². The largest absolute Gasteiger partial charge is 0.365 e. The van der Waals surface area contributed by atoms with E-state index in [1.54, 1.807) is 0 Å². The molecule has 0 spiro atoms. The number of anilines is 2. The lowest BCUT2D eigenvalue weighted by Crippen LogP contribution is -2.37. The van der Waals surface area contributed by atoms with Gasteiger partial charge in [0.25, 0.3) is 0 Å². The number of hydrogen-bond donors (Lipinski definition) is 2. The SMILES string of the molecule is CP1(=O)OC[C@H]2O[C@@H]3[C@H](F)[C@@H]2OP(C)(=O)OC[C@H]2OC([C@H](F)[C@@H]2O1)n1cnc2c(ncnc21)NCC=CCNc1ncnc2c1ncn23. The number of aromatic nitrogens is 8. The standard InChI is InChI=1S/C26H30F2N10O8P2/c1-47(39)41-7-13-20-16(28)26(43-13)38-12-36-18-22(32-10-34-24(18)38)30-6-4-3-5-29-21-17-23(33-9-31-21)37(11-35-17)25-15(27)19(45-47)14(44-25)8-42-48(2,40)46-20/h3-4,9-16,19-20,25-26H,5-8H2,1-2H3,(H,29,31,33)(H,30,32,34)/t13-,14-,15-,16-,19-,20-,25-,26?,47?,48?/m1/s1. The Labute approximate surface area is 270 Å². The van der Waals surface area contributed by atoms with Gasteiger partial charge in [0.1, 0.15) is 37.1 Å². The molecule has 22 heteroatoms. The lowest BCUT2D eigenvalue weighted by atomic mass is 10.1. The van der Waals surface area contributed by atoms with Crippen LogP contribution in [0, 0.1) is 0 Å². The zero-order valence-corrected chi connectivity index (χ0v) is 27.2. The number of hydrogen-bond acceptors (Lipinski definition) is 16. The van der Waals surface area contributed by atoms with Gasteiger partial charge in [0.2, 0.25) is 0 Å². The molecule has 9 rings (SSSR count). The minimum atomic E-state index is -4.06. The molecule has 0 amide bonds. The molecule has 4 aromatic rings. The fourth-order valence-electron chi connectivity index (χ4n) is 6.09. The van der Waals surface area contributed by atoms with E-state index in [1.165, 1.54) is 34.4 Å². The molecule has 14 bridgehead atoms. The van der Waals surface area contributed by atoms with Crippen molar-refractivity contribution in [3.05, 3.63) is 37.5 Å². The van der Waals surface area contributed by atoms with Crippen molar-refractivity contribution < 1.29 is 45.5 Å². The summed E-state index contributed by atoms with van der Waals surface area (Å²) in [5.41, 5.74) is 1.19. The molecule has 48 heavy (non-hydrogen) atoms. The van der Waals surface area contributed by atoms with Gasteiger partial charge in [0.15, 0.2) is 58.8 Å². The molecule has 5 aliphatic rings. The van der Waals surface area contributed by atoms with Crippen LogP contribution in [-0.2, 0) is 36.7 Å². The summed E-state index contributed by atoms with van der Waals surface area (Å²) >= 11 is 0. The van der Waals surface area contributed by atoms with E-state index < -0.39 is 77.6 Å². The molecule has 0 aromatic carbocycles. The minimum Gasteiger partial charge on any atom is -0.365 e. The third kappa shape index (κ3) is 5.69. The fourth-order valence-corrected chi connectivity index (χ4v) is 8.44. The molecule has 3 unspecified atom stereocenters. The maximum Gasteiger partial charge on any atom is 0.328 e. The fraction of sp³-hybridized carbons (Fsp3) is 0.538. The van der Waals surface area contributed by atoms with E-state index in [-0.39, 0.29) is 11.3 Å². The van der Waals surface area contributed by atoms with E-state index in [1.807, 2.05) is 12.2 Å². The van der Waals surface area contributed by atoms with Crippen LogP contribution in [0.1, 0.15) is 12.5 Å². The van der Waals surface area contributed by atoms with Crippen molar-refractivity contribution in [3.8, 4) is 0 Å². The first-order valence-electron chi connectivity index (χ1n) is 15.0. The van der Waals surface area contributed by atoms with Crippen molar-refractivity contribution >= 4 is 49.2 Å². The molecule has 2 N–H and O–H groups in total. The molecule has 10 atom stereocenters. The van der Waals surface area contributed by atoms with Gasteiger partial charge in [-0.05, 0) is 0 Å². The molecule has 4 aromatic heterocycles. The first kappa shape index (κ1) is 31.8. The second kappa shape index (κ2) is 12.1. The molecule has 5 aliphatic heterocycles. The van der Waals surface area contributed by atoms with Crippen molar-refractivity contribution in [2.45, 2.75) is 49.2 Å². The van der Waals surface area contributed by atoms with Crippen LogP contribution >= 0.6 is 15.2 Å². The van der Waals surface area contributed by atoms with Crippen LogP contribution in [-0.4, -0.2) is 115 Å². The second-order valence-electron chi connectivity index (χ2n) is 11.6. The van der Waals surface area contributed by atoms with Crippen LogP contribution in [0.4, 0.5) is 20.4 Å². The molecule has 0 aliphatic carbocycles. The predicted octanol–water partition coefficient (Wildman–Crippen LogP) is 2.99. The Morgan fingerprint density at radius 3 is 1.58 bits per heavy atom. The summed E-state index contributed by atoms with van der Waals surface area (Å²) in [6, 6.07) is 0. The zero-order chi connectivity index (χ0) is 33.2. The molecule has 256 valence electrons. The average Bonchev–Trinajstić information content (AvgIpc) is 3.81. The van der Waals surface area contributed by atoms with E-state index in [0.717, 1.165) is 13.3 Å². The molecule has 18 nitrogen and oxygen atoms in total. The van der Waals surface area contributed by atoms with Crippen LogP contribution in [0.5, 0.6) is 0 Å². The van der Waals surface area contributed by atoms with E-state index >= 15 is 8.78 Å². The van der Waals surface area contributed by atoms with Crippen LogP contribution in [0.3, 0.4) is 0 Å². The number of nitrogens with zero attached hydrogens (tertiary/aromatic N) is 8. The Balaban J connectivity index is 1.21. The van der Waals surface area contributed by atoms with Gasteiger partial charge in [-0.15, -0.1) is 0 Å². The van der Waals surface area contributed by atoms with Crippen LogP contribution in [0.25, 0.3) is 22.3 Å². The van der Waals surface area contributed by atoms with Crippen LogP contribution in [0.2, 0.25) is 0 Å². The van der Waals surface area contributed by atoms with Gasteiger partial charge in [-0.1, -0.05) is 12.2 Å². The molecule has 9 heterocycles. The third-order valence-electron chi connectivity index (χ3n) is 8.31. The first-order chi connectivity index (χ1) is 23.1. The van der Waals surface area contributed by atoms with Crippen molar-refractivity contribution in [1.29, 1.82) is 0 Å². The highest BCUT2D eigenvalue weighted by Gasteiger charge is 2.54. The highest BCUT2D eigenvalue weighted by molar-refractivity contribution is 7.53. The average molecular weight is 711 g/mol. The minimum absolute atomic E-state index is 0.250. The number of fused-ring (bicyclic) bond motifs is 10. The summed E-state index contributed by atoms with van der Waals surface area (Å²) in [5.74, 6) is 0.788. The maximum atomic E-state index is 16.3. The summed E-state index contributed by atoms with van der Waals surface area (Å²) < 4.78 is 97.3. The first-order valence-corrected chi connectivity index (χ1v) is 18.9. The number of rotatable bonds is 0. The number of alkyl halides is 2. The number of ether oxygens (including phenoxy) is 2. The molecule has 3 fully saturated rings. The normalized spacial score (nSPS) is 37.3. The Morgan fingerprint density at radius 1 is 0.708 bits per heavy atom. The lowest BCUT2D eigenvalue weighted by Gasteiger charge is -2.29. The van der Waals surface area contributed by atoms with E-state index in [2.05, 4.69) is 40.5 Å². The van der Waals surface area contributed by atoms with Crippen molar-refractivity contribution in [1.82, 2.24) is 39.0 Å². The van der Waals surface area contributed by atoms with Gasteiger partial charge in [-0.25, -0.2) is 38.7 Å². The van der Waals surface area contributed by atoms with Gasteiger partial charge in [0, 0.05) is 26.4 Å². The van der Waals surface area contributed by atoms with Gasteiger partial charge in [-0.3, -0.25) is 27.3 Å². The zero-order valence-electron chi connectivity index (χ0n) is 25.4. The predicted molar refractivity (Wildman–Crippen MR) is 163 cm³/mol. The molecule has 0 saturated carbocycles. The van der Waals surface area contributed by atoms with Crippen LogP contribution in [0.15, 0.2) is 37.5 Å². The smallest absolute Gasteiger partial charge is 0.328 e. The van der Waals surface area contributed by atoms with Gasteiger partial charge < -0.3 is 29.2 Å². The molecule has 3 saturated heterocycles. The van der Waals surface area contributed by atoms with Gasteiger partial charge in [-0.2, -0.15) is 0 Å². The topological polar surface area (TPSA) is 201 Å². The lowest BCUT2D eigenvalue weighted by molar-refractivity contribution is -0.0565. The molecular formula is C26H30F2N10O8P2. The van der Waals surface area contributed by atoms with E-state index in [0.29, 0.717) is 35.8 Å². The van der Waals surface area contributed by atoms with E-state index in [9.17, 15) is 9.13 Å². The number of imidazole rings is 2. The quantitative estimate of drug-likeness (QED) is 0.199. The third-order valence-corrected chi connectivity index (χ3v) is 10.8. The number of nitrogens with one attached hydrogen (secondary N) is 2. The van der Waals surface area contributed by atoms with Gasteiger partial charge >= 0.3 is 15.2 Å². The summed E-state index contributed by atoms with van der Waals surface area (Å²) in [7, 11) is -8.12. The van der Waals surface area contributed by atoms with Crippen LogP contribution < -0.4 is 10.6 Å². The Morgan fingerprint density at radius 2 is 1.15 bits per heavy atom. The monoisotopic (exact) mass is 710 g/mol. The van der Waals surface area contributed by atoms with Crippen molar-refractivity contribution in [2.75, 3.05) is 50.3 Å². The maximum absolute atomic E-state index is 16.3. The summed E-state index contributed by atoms with van der Waals surface area (Å²) in [5, 5.41) is 6.32. The van der Waals surface area contributed by atoms with Gasteiger partial charge in [0.05, 0.1) is 25.9 Å². The summed E-state index contributed by atoms with van der Waals surface area (Å²) in [4.78, 5) is 25.9. The summed E-state index contributed by atoms with van der Waals surface area (Å²) in [6.45, 7) is 1.99. The molecular weight excluding hydrogens is 680 g/mol. The van der Waals surface area contributed by atoms with Crippen molar-refractivity contribution in [3.63, 3.8) is 0 Å². The molecule has 0 radical (unpaired) electrons.